The Kier molecular flexibility index (Phi) is 8.62. The molecule has 0 aromatic rings. The second kappa shape index (κ2) is 11.0. The number of allylic oxidation sites excluding steroid dienone is 2. The number of esters is 1. The minimum atomic E-state index is -1.21. The van der Waals surface area contributed by atoms with Crippen LogP contribution in [0.25, 0.3) is 0 Å². The van der Waals surface area contributed by atoms with Crippen LogP contribution in [-0.2, 0) is 9.53 Å². The molecular formula is C33H56O4. The number of hydrogen-bond acceptors (Lipinski definition) is 4. The number of carbonyl (C=O) groups excluding carboxylic acids is 1. The van der Waals surface area contributed by atoms with Gasteiger partial charge in [-0.2, -0.15) is 0 Å². The van der Waals surface area contributed by atoms with E-state index in [1.807, 2.05) is 11.1 Å². The Morgan fingerprint density at radius 2 is 1.70 bits per heavy atom. The van der Waals surface area contributed by atoms with Gasteiger partial charge in [-0.25, -0.2) is 0 Å². The van der Waals surface area contributed by atoms with Crippen molar-refractivity contribution >= 4 is 5.97 Å². The number of carbonyl (C=O) groups is 1. The van der Waals surface area contributed by atoms with Crippen molar-refractivity contribution in [1.29, 1.82) is 0 Å². The number of aliphatic hydroxyl groups excluding tert-OH is 2. The maximum Gasteiger partial charge on any atom is 0.316 e. The lowest BCUT2D eigenvalue weighted by Gasteiger charge is -2.57. The van der Waals surface area contributed by atoms with E-state index in [4.69, 9.17) is 4.74 Å². The monoisotopic (exact) mass is 516 g/mol. The van der Waals surface area contributed by atoms with E-state index < -0.39 is 11.4 Å². The summed E-state index contributed by atoms with van der Waals surface area (Å²) in [5.41, 5.74) is 3.19. The number of fused-ring (bicyclic) bond motifs is 4. The van der Waals surface area contributed by atoms with Gasteiger partial charge in [0, 0.05) is 0 Å². The molecule has 0 amide bonds. The van der Waals surface area contributed by atoms with Crippen molar-refractivity contribution in [3.63, 3.8) is 0 Å². The number of hydrogen-bond donors (Lipinski definition) is 2. The SMILES string of the molecule is CC(C)[C@@H](C)CC[C@@H](C)[C@H]1CCC2=C3CC[C@H]4C[C@@H](OC(=O)C(C)(CO)CO)CC[C@]4(C)[C@H]3CC[C@@]21C. The van der Waals surface area contributed by atoms with Crippen LogP contribution in [0.3, 0.4) is 0 Å². The molecule has 0 aromatic heterocycles. The minimum absolute atomic E-state index is 0.0870. The zero-order valence-electron chi connectivity index (χ0n) is 24.9. The van der Waals surface area contributed by atoms with Crippen LogP contribution in [0.2, 0.25) is 0 Å². The Hall–Kier alpha value is -0.870. The van der Waals surface area contributed by atoms with Gasteiger partial charge in [0.1, 0.15) is 11.5 Å². The van der Waals surface area contributed by atoms with Crippen LogP contribution >= 0.6 is 0 Å². The predicted molar refractivity (Wildman–Crippen MR) is 150 cm³/mol. The lowest BCUT2D eigenvalue weighted by Crippen LogP contribution is -2.49. The van der Waals surface area contributed by atoms with Gasteiger partial charge in [0.15, 0.2) is 0 Å². The van der Waals surface area contributed by atoms with E-state index in [-0.39, 0.29) is 19.3 Å². The Bertz CT molecular complexity index is 856. The molecule has 0 heterocycles. The third kappa shape index (κ3) is 5.20. The lowest BCUT2D eigenvalue weighted by molar-refractivity contribution is -0.171. The first-order valence-corrected chi connectivity index (χ1v) is 15.5. The minimum Gasteiger partial charge on any atom is -0.462 e. The predicted octanol–water partition coefficient (Wildman–Crippen LogP) is 7.32. The van der Waals surface area contributed by atoms with E-state index in [1.165, 1.54) is 51.4 Å². The molecule has 4 heteroatoms. The fourth-order valence-electron chi connectivity index (χ4n) is 9.04. The highest BCUT2D eigenvalue weighted by Crippen LogP contribution is 2.66. The van der Waals surface area contributed by atoms with Crippen LogP contribution in [0, 0.1) is 51.8 Å². The Balaban J connectivity index is 1.45. The molecular weight excluding hydrogens is 460 g/mol. The Morgan fingerprint density at radius 1 is 1.00 bits per heavy atom. The highest BCUT2D eigenvalue weighted by atomic mass is 16.5. The van der Waals surface area contributed by atoms with Crippen molar-refractivity contribution < 1.29 is 19.7 Å². The van der Waals surface area contributed by atoms with Crippen LogP contribution in [0.1, 0.15) is 119 Å². The summed E-state index contributed by atoms with van der Waals surface area (Å²) in [5.74, 6) is 4.07. The molecule has 3 fully saturated rings. The first kappa shape index (κ1) is 29.1. The first-order valence-electron chi connectivity index (χ1n) is 15.5. The highest BCUT2D eigenvalue weighted by Gasteiger charge is 2.56. The van der Waals surface area contributed by atoms with Gasteiger partial charge in [-0.05, 0) is 111 Å². The quantitative estimate of drug-likeness (QED) is 0.249. The van der Waals surface area contributed by atoms with Crippen molar-refractivity contribution in [2.45, 2.75) is 125 Å². The molecule has 4 nitrogen and oxygen atoms in total. The topological polar surface area (TPSA) is 66.8 Å². The lowest BCUT2D eigenvalue weighted by atomic mass is 9.48. The molecule has 37 heavy (non-hydrogen) atoms. The largest absolute Gasteiger partial charge is 0.462 e. The van der Waals surface area contributed by atoms with Crippen LogP contribution in [0.4, 0.5) is 0 Å². The molecule has 0 aromatic carbocycles. The van der Waals surface area contributed by atoms with E-state index in [9.17, 15) is 15.0 Å². The standard InChI is InChI=1S/C33H56O4/c1-21(2)22(3)8-9-23(4)27-12-13-28-26-11-10-24-18-25(37-30(36)31(5,19-34)20-35)14-16-32(24,6)29(26)15-17-33(27,28)7/h21-25,27,29,34-35H,8-20H2,1-7H3/t22-,23+,24-,25-,27+,29-,32-,33+/m0/s1. The van der Waals surface area contributed by atoms with Gasteiger partial charge in [0.05, 0.1) is 13.2 Å². The average molecular weight is 517 g/mol. The van der Waals surface area contributed by atoms with Crippen molar-refractivity contribution in [2.24, 2.45) is 51.8 Å². The third-order valence-electron chi connectivity index (χ3n) is 12.4. The molecule has 0 spiro atoms. The number of ether oxygens (including phenoxy) is 1. The van der Waals surface area contributed by atoms with E-state index >= 15 is 0 Å². The fraction of sp³-hybridized carbons (Fsp3) is 0.909. The smallest absolute Gasteiger partial charge is 0.316 e. The maximum absolute atomic E-state index is 12.7. The third-order valence-corrected chi connectivity index (χ3v) is 12.4. The molecule has 2 N–H and O–H groups in total. The second-order valence-electron chi connectivity index (χ2n) is 14.9. The van der Waals surface area contributed by atoms with Gasteiger partial charge in [-0.1, -0.05) is 65.5 Å². The van der Waals surface area contributed by atoms with E-state index in [2.05, 4.69) is 41.5 Å². The van der Waals surface area contributed by atoms with Crippen LogP contribution in [-0.4, -0.2) is 35.5 Å². The van der Waals surface area contributed by atoms with Gasteiger partial charge in [-0.3, -0.25) is 4.79 Å². The van der Waals surface area contributed by atoms with Gasteiger partial charge in [0.25, 0.3) is 0 Å². The van der Waals surface area contributed by atoms with Crippen LogP contribution in [0.5, 0.6) is 0 Å². The molecule has 8 atom stereocenters. The summed E-state index contributed by atoms with van der Waals surface area (Å²) in [6.07, 6.45) is 13.4. The zero-order chi connectivity index (χ0) is 27.2. The molecule has 0 saturated heterocycles. The van der Waals surface area contributed by atoms with Gasteiger partial charge < -0.3 is 14.9 Å². The fourth-order valence-corrected chi connectivity index (χ4v) is 9.04. The van der Waals surface area contributed by atoms with Crippen molar-refractivity contribution in [3.05, 3.63) is 11.1 Å². The van der Waals surface area contributed by atoms with Gasteiger partial charge in [-0.15, -0.1) is 0 Å². The van der Waals surface area contributed by atoms with E-state index in [0.29, 0.717) is 22.7 Å². The summed E-state index contributed by atoms with van der Waals surface area (Å²) < 4.78 is 5.88. The molecule has 0 unspecified atom stereocenters. The molecule has 4 rings (SSSR count). The summed E-state index contributed by atoms with van der Waals surface area (Å²) in [6.45, 7) is 15.7. The highest BCUT2D eigenvalue weighted by molar-refractivity contribution is 5.76. The molecule has 0 radical (unpaired) electrons. The number of aliphatic hydroxyl groups is 2. The van der Waals surface area contributed by atoms with Crippen molar-refractivity contribution in [2.75, 3.05) is 13.2 Å². The summed E-state index contributed by atoms with van der Waals surface area (Å²) in [4.78, 5) is 12.7. The average Bonchev–Trinajstić information content (AvgIpc) is 3.23. The Morgan fingerprint density at radius 3 is 2.35 bits per heavy atom. The maximum atomic E-state index is 12.7. The summed E-state index contributed by atoms with van der Waals surface area (Å²) in [6, 6.07) is 0. The summed E-state index contributed by atoms with van der Waals surface area (Å²) in [7, 11) is 0. The summed E-state index contributed by atoms with van der Waals surface area (Å²) in [5, 5.41) is 19.2. The normalized spacial score (nSPS) is 37.6. The second-order valence-corrected chi connectivity index (χ2v) is 14.9. The van der Waals surface area contributed by atoms with E-state index in [0.717, 1.165) is 42.9 Å². The van der Waals surface area contributed by atoms with Gasteiger partial charge in [0.2, 0.25) is 0 Å². The zero-order valence-corrected chi connectivity index (χ0v) is 24.9. The van der Waals surface area contributed by atoms with Crippen LogP contribution in [0.15, 0.2) is 11.1 Å². The first-order chi connectivity index (χ1) is 17.4. The summed E-state index contributed by atoms with van der Waals surface area (Å²) >= 11 is 0. The molecule has 3 saturated carbocycles. The number of rotatable bonds is 9. The Labute approximate surface area is 227 Å². The van der Waals surface area contributed by atoms with E-state index in [1.54, 1.807) is 6.92 Å². The molecule has 4 aliphatic rings. The molecule has 4 aliphatic carbocycles. The molecule has 212 valence electrons. The molecule has 0 aliphatic heterocycles. The van der Waals surface area contributed by atoms with Gasteiger partial charge >= 0.3 is 5.97 Å². The van der Waals surface area contributed by atoms with Crippen molar-refractivity contribution in [3.8, 4) is 0 Å². The van der Waals surface area contributed by atoms with Crippen molar-refractivity contribution in [1.82, 2.24) is 0 Å². The molecule has 0 bridgehead atoms. The van der Waals surface area contributed by atoms with Crippen LogP contribution < -0.4 is 0 Å².